The second kappa shape index (κ2) is 9.00. The lowest BCUT2D eigenvalue weighted by atomic mass is 9.99. The quantitative estimate of drug-likeness (QED) is 0.238. The van der Waals surface area contributed by atoms with E-state index in [1.165, 1.54) is 31.4 Å². The number of aromatic hydroxyl groups is 3. The summed E-state index contributed by atoms with van der Waals surface area (Å²) < 4.78 is 21.4. The molecule has 2 aromatic carbocycles. The van der Waals surface area contributed by atoms with Gasteiger partial charge in [-0.15, -0.1) is 0 Å². The van der Waals surface area contributed by atoms with Crippen LogP contribution in [0.2, 0.25) is 0 Å². The monoisotopic (exact) mass is 478 g/mol. The number of phenolic OH excluding ortho intramolecular Hbond substituents is 3. The van der Waals surface area contributed by atoms with E-state index in [1.54, 1.807) is 0 Å². The molecule has 2 heterocycles. The molecule has 1 fully saturated rings. The van der Waals surface area contributed by atoms with Gasteiger partial charge in [-0.2, -0.15) is 0 Å². The fraction of sp³-hybridized carbons (Fsp3) is 0.318. The van der Waals surface area contributed by atoms with Gasteiger partial charge < -0.3 is 54.4 Å². The Hall–Kier alpha value is -3.55. The molecule has 0 radical (unpaired) electrons. The van der Waals surface area contributed by atoms with E-state index in [0.29, 0.717) is 0 Å². The normalized spacial score (nSPS) is 24.8. The van der Waals surface area contributed by atoms with Crippen LogP contribution < -0.4 is 14.9 Å². The Morgan fingerprint density at radius 1 is 0.941 bits per heavy atom. The number of methoxy groups -OCH3 is 1. The summed E-state index contributed by atoms with van der Waals surface area (Å²) in [6.07, 6.45) is -7.74. The van der Waals surface area contributed by atoms with E-state index < -0.39 is 54.2 Å². The van der Waals surface area contributed by atoms with Crippen LogP contribution in [-0.4, -0.2) is 80.2 Å². The molecule has 34 heavy (non-hydrogen) atoms. The van der Waals surface area contributed by atoms with Crippen molar-refractivity contribution in [1.82, 2.24) is 0 Å². The van der Waals surface area contributed by atoms with Crippen molar-refractivity contribution in [2.24, 2.45) is 0 Å². The standard InChI is InChI=1S/C22H22O12/c1-31-14-6-13-16(19(28)17(14)26)10(25)5-11(32-13)8-2-3-9(24)12(4-8)33-22-21(30)20(29)18(27)15(7-23)34-22/h2-6,15,18,20-24,26-30H,7H2,1H3/t15-,18-,20+,21-,22-/m1/s1. The van der Waals surface area contributed by atoms with Gasteiger partial charge in [-0.25, -0.2) is 0 Å². The van der Waals surface area contributed by atoms with Crippen molar-refractivity contribution in [3.05, 3.63) is 40.6 Å². The molecule has 5 atom stereocenters. The van der Waals surface area contributed by atoms with E-state index in [9.17, 15) is 40.5 Å². The van der Waals surface area contributed by atoms with Crippen molar-refractivity contribution in [3.8, 4) is 40.1 Å². The van der Waals surface area contributed by atoms with Crippen LogP contribution in [0.25, 0.3) is 22.3 Å². The van der Waals surface area contributed by atoms with Gasteiger partial charge in [0.05, 0.1) is 13.7 Å². The number of benzene rings is 2. The van der Waals surface area contributed by atoms with E-state index in [-0.39, 0.29) is 39.5 Å². The molecule has 182 valence electrons. The summed E-state index contributed by atoms with van der Waals surface area (Å²) in [6, 6.07) is 6.16. The molecule has 1 aliphatic heterocycles. The summed E-state index contributed by atoms with van der Waals surface area (Å²) in [6.45, 7) is -0.662. The molecule has 3 aromatic rings. The minimum atomic E-state index is -1.71. The van der Waals surface area contributed by atoms with Crippen molar-refractivity contribution in [2.45, 2.75) is 30.7 Å². The maximum atomic E-state index is 12.6. The maximum Gasteiger partial charge on any atom is 0.229 e. The summed E-state index contributed by atoms with van der Waals surface area (Å²) in [5, 5.41) is 69.3. The van der Waals surface area contributed by atoms with Crippen molar-refractivity contribution < 1.29 is 54.4 Å². The Kier molecular flexibility index (Phi) is 6.25. The van der Waals surface area contributed by atoms with Crippen molar-refractivity contribution in [1.29, 1.82) is 0 Å². The van der Waals surface area contributed by atoms with E-state index in [4.69, 9.17) is 18.6 Å². The van der Waals surface area contributed by atoms with Gasteiger partial charge in [-0.05, 0) is 18.2 Å². The highest BCUT2D eigenvalue weighted by molar-refractivity contribution is 5.89. The van der Waals surface area contributed by atoms with Crippen LogP contribution in [0.4, 0.5) is 0 Å². The van der Waals surface area contributed by atoms with E-state index in [1.807, 2.05) is 0 Å². The number of ether oxygens (including phenoxy) is 3. The average Bonchev–Trinajstić information content (AvgIpc) is 2.82. The third-order valence-electron chi connectivity index (χ3n) is 5.49. The van der Waals surface area contributed by atoms with Crippen molar-refractivity contribution in [2.75, 3.05) is 13.7 Å². The molecule has 0 unspecified atom stereocenters. The summed E-state index contributed by atoms with van der Waals surface area (Å²) in [7, 11) is 1.25. The lowest BCUT2D eigenvalue weighted by Gasteiger charge is -2.39. The Labute approximate surface area is 191 Å². The molecule has 0 bridgehead atoms. The molecule has 0 saturated carbocycles. The molecular formula is C22H22O12. The number of hydrogen-bond acceptors (Lipinski definition) is 12. The van der Waals surface area contributed by atoms with Crippen LogP contribution in [0.15, 0.2) is 39.5 Å². The van der Waals surface area contributed by atoms with Gasteiger partial charge in [0.1, 0.15) is 41.1 Å². The van der Waals surface area contributed by atoms with E-state index in [0.717, 1.165) is 6.07 Å². The fourth-order valence-electron chi connectivity index (χ4n) is 3.62. The van der Waals surface area contributed by atoms with Crippen LogP contribution in [-0.2, 0) is 4.74 Å². The first-order valence-electron chi connectivity index (χ1n) is 10.0. The van der Waals surface area contributed by atoms with Gasteiger partial charge in [-0.1, -0.05) is 0 Å². The van der Waals surface area contributed by atoms with E-state index >= 15 is 0 Å². The lowest BCUT2D eigenvalue weighted by molar-refractivity contribution is -0.277. The lowest BCUT2D eigenvalue weighted by Crippen LogP contribution is -2.60. The second-order valence-corrected chi connectivity index (χ2v) is 7.62. The van der Waals surface area contributed by atoms with Crippen LogP contribution in [0.3, 0.4) is 0 Å². The number of aliphatic hydroxyl groups excluding tert-OH is 4. The minimum absolute atomic E-state index is 0.00305. The first-order chi connectivity index (χ1) is 16.2. The molecule has 1 saturated heterocycles. The zero-order chi connectivity index (χ0) is 24.7. The molecule has 0 amide bonds. The first-order valence-corrected chi connectivity index (χ1v) is 10.0. The van der Waals surface area contributed by atoms with Gasteiger partial charge >= 0.3 is 0 Å². The predicted molar refractivity (Wildman–Crippen MR) is 114 cm³/mol. The van der Waals surface area contributed by atoms with Gasteiger partial charge in [0, 0.05) is 17.7 Å². The summed E-state index contributed by atoms with van der Waals surface area (Å²) in [4.78, 5) is 12.6. The molecule has 4 rings (SSSR count). The Balaban J connectivity index is 1.72. The van der Waals surface area contributed by atoms with Crippen LogP contribution in [0.1, 0.15) is 0 Å². The Morgan fingerprint density at radius 2 is 1.68 bits per heavy atom. The van der Waals surface area contributed by atoms with Crippen LogP contribution in [0.5, 0.6) is 28.7 Å². The summed E-state index contributed by atoms with van der Waals surface area (Å²) in [5.41, 5.74) is -0.516. The van der Waals surface area contributed by atoms with Gasteiger partial charge in [0.15, 0.2) is 28.4 Å². The molecule has 1 aromatic heterocycles. The SMILES string of the molecule is COc1cc2oc(-c3ccc(O)c(O[C@@H]4O[C@H](CO)[C@@H](O)[C@H](O)[C@H]4O)c3)cc(=O)c2c(O)c1O. The predicted octanol–water partition coefficient (Wildman–Crippen LogP) is -0.236. The van der Waals surface area contributed by atoms with Crippen LogP contribution >= 0.6 is 0 Å². The number of aliphatic hydroxyl groups is 4. The highest BCUT2D eigenvalue weighted by Gasteiger charge is 2.45. The number of hydrogen-bond donors (Lipinski definition) is 7. The molecule has 0 spiro atoms. The first kappa shape index (κ1) is 23.6. The van der Waals surface area contributed by atoms with Crippen molar-refractivity contribution in [3.63, 3.8) is 0 Å². The summed E-state index contributed by atoms with van der Waals surface area (Å²) in [5.74, 6) is -2.04. The third kappa shape index (κ3) is 3.97. The Bertz CT molecular complexity index is 1270. The molecule has 0 aliphatic carbocycles. The molecular weight excluding hydrogens is 456 g/mol. The topological polar surface area (TPSA) is 200 Å². The molecule has 12 nitrogen and oxygen atoms in total. The van der Waals surface area contributed by atoms with Gasteiger partial charge in [0.25, 0.3) is 0 Å². The van der Waals surface area contributed by atoms with Gasteiger partial charge in [0.2, 0.25) is 12.0 Å². The zero-order valence-corrected chi connectivity index (χ0v) is 17.7. The third-order valence-corrected chi connectivity index (χ3v) is 5.49. The number of rotatable bonds is 5. The fourth-order valence-corrected chi connectivity index (χ4v) is 3.62. The summed E-state index contributed by atoms with van der Waals surface area (Å²) >= 11 is 0. The van der Waals surface area contributed by atoms with Gasteiger partial charge in [-0.3, -0.25) is 4.79 Å². The zero-order valence-electron chi connectivity index (χ0n) is 17.7. The smallest absolute Gasteiger partial charge is 0.229 e. The maximum absolute atomic E-state index is 12.6. The molecule has 12 heteroatoms. The largest absolute Gasteiger partial charge is 0.504 e. The minimum Gasteiger partial charge on any atom is -0.504 e. The average molecular weight is 478 g/mol. The second-order valence-electron chi connectivity index (χ2n) is 7.62. The molecule has 1 aliphatic rings. The van der Waals surface area contributed by atoms with Crippen molar-refractivity contribution >= 4 is 11.0 Å². The number of fused-ring (bicyclic) bond motifs is 1. The molecule has 7 N–H and O–H groups in total. The highest BCUT2D eigenvalue weighted by Crippen LogP contribution is 2.41. The van der Waals surface area contributed by atoms with Crippen LogP contribution in [0, 0.1) is 0 Å². The number of phenols is 3. The van der Waals surface area contributed by atoms with E-state index in [2.05, 4.69) is 0 Å². The Morgan fingerprint density at radius 3 is 2.35 bits per heavy atom. The highest BCUT2D eigenvalue weighted by atomic mass is 16.7.